The van der Waals surface area contributed by atoms with Crippen molar-refractivity contribution in [3.63, 3.8) is 0 Å². The molecule has 0 aliphatic rings. The average Bonchev–Trinajstić information content (AvgIpc) is 2.65. The molecule has 0 fully saturated rings. The van der Waals surface area contributed by atoms with Crippen LogP contribution >= 0.6 is 0 Å². The molecule has 162 valence electrons. The van der Waals surface area contributed by atoms with Gasteiger partial charge in [0.1, 0.15) is 22.8 Å². The second kappa shape index (κ2) is 9.13. The fraction of sp³-hybridized carbons (Fsp3) is 0.250. The summed E-state index contributed by atoms with van der Waals surface area (Å²) in [5.41, 5.74) is -1.25. The number of benzene rings is 2. The van der Waals surface area contributed by atoms with Crippen molar-refractivity contribution in [3.8, 4) is 23.0 Å². The van der Waals surface area contributed by atoms with Gasteiger partial charge in [0.25, 0.3) is 5.76 Å². The van der Waals surface area contributed by atoms with E-state index in [1.807, 2.05) is 0 Å². The third kappa shape index (κ3) is 4.81. The maximum Gasteiger partial charge on any atom is 0.453 e. The SMILES string of the molecule is COc1ccc(Oc2c(C(F)(F)F)oc3c(CN(C)C)c(O)ccc3c2=O)cc1.[I-]. The Bertz CT molecular complexity index is 1090. The van der Waals surface area contributed by atoms with E-state index in [9.17, 15) is 23.1 Å². The van der Waals surface area contributed by atoms with Crippen molar-refractivity contribution >= 4 is 11.0 Å². The molecular weight excluding hydrogens is 518 g/mol. The van der Waals surface area contributed by atoms with Crippen LogP contribution < -0.4 is 38.9 Å². The predicted molar refractivity (Wildman–Crippen MR) is 99.6 cm³/mol. The first-order valence-electron chi connectivity index (χ1n) is 8.47. The summed E-state index contributed by atoms with van der Waals surface area (Å²) in [6.45, 7) is 0.0715. The van der Waals surface area contributed by atoms with Crippen LogP contribution in [0.15, 0.2) is 45.6 Å². The Balaban J connectivity index is 0.00000320. The minimum atomic E-state index is -4.99. The number of rotatable bonds is 5. The zero-order chi connectivity index (χ0) is 21.3. The van der Waals surface area contributed by atoms with Crippen molar-refractivity contribution in [1.82, 2.24) is 4.90 Å². The largest absolute Gasteiger partial charge is 1.00 e. The van der Waals surface area contributed by atoms with Gasteiger partial charge < -0.3 is 47.9 Å². The molecule has 1 aromatic heterocycles. The van der Waals surface area contributed by atoms with Gasteiger partial charge in [-0.2, -0.15) is 13.2 Å². The number of aromatic hydroxyl groups is 1. The van der Waals surface area contributed by atoms with E-state index in [0.29, 0.717) is 5.75 Å². The first kappa shape index (κ1) is 23.8. The van der Waals surface area contributed by atoms with E-state index in [1.54, 1.807) is 19.0 Å². The molecule has 0 atom stereocenters. The van der Waals surface area contributed by atoms with Crippen LogP contribution in [0.5, 0.6) is 23.0 Å². The third-order valence-electron chi connectivity index (χ3n) is 4.11. The van der Waals surface area contributed by atoms with E-state index in [2.05, 4.69) is 0 Å². The lowest BCUT2D eigenvalue weighted by Crippen LogP contribution is -3.00. The molecule has 0 unspecified atom stereocenters. The molecule has 0 aliphatic carbocycles. The van der Waals surface area contributed by atoms with Crippen LogP contribution in [0.1, 0.15) is 11.3 Å². The van der Waals surface area contributed by atoms with Gasteiger partial charge in [-0.05, 0) is 50.5 Å². The highest BCUT2D eigenvalue weighted by molar-refractivity contribution is 5.83. The Morgan fingerprint density at radius 2 is 1.67 bits per heavy atom. The van der Waals surface area contributed by atoms with Gasteiger partial charge in [-0.1, -0.05) is 0 Å². The van der Waals surface area contributed by atoms with Gasteiger partial charge >= 0.3 is 6.18 Å². The Morgan fingerprint density at radius 3 is 2.20 bits per heavy atom. The highest BCUT2D eigenvalue weighted by Crippen LogP contribution is 2.40. The second-order valence-corrected chi connectivity index (χ2v) is 6.54. The van der Waals surface area contributed by atoms with Gasteiger partial charge in [-0.15, -0.1) is 0 Å². The molecule has 30 heavy (non-hydrogen) atoms. The molecule has 3 rings (SSSR count). The molecule has 0 aliphatic heterocycles. The molecular formula is C20H18F3INO5-. The summed E-state index contributed by atoms with van der Waals surface area (Å²) in [4.78, 5) is 14.5. The molecule has 1 N–H and O–H groups in total. The van der Waals surface area contributed by atoms with Gasteiger partial charge in [-0.25, -0.2) is 0 Å². The fourth-order valence-electron chi connectivity index (χ4n) is 2.80. The van der Waals surface area contributed by atoms with E-state index in [-0.39, 0.29) is 58.6 Å². The first-order chi connectivity index (χ1) is 13.6. The third-order valence-corrected chi connectivity index (χ3v) is 4.11. The number of halogens is 4. The summed E-state index contributed by atoms with van der Waals surface area (Å²) in [7, 11) is 4.78. The average molecular weight is 536 g/mol. The van der Waals surface area contributed by atoms with Crippen molar-refractivity contribution in [2.45, 2.75) is 12.7 Å². The van der Waals surface area contributed by atoms with Gasteiger partial charge in [0.05, 0.1) is 18.1 Å². The Labute approximate surface area is 186 Å². The number of nitrogens with zero attached hydrogens (tertiary/aromatic N) is 1. The van der Waals surface area contributed by atoms with Gasteiger partial charge in [0, 0.05) is 6.54 Å². The van der Waals surface area contributed by atoms with Crippen LogP contribution in [0.2, 0.25) is 0 Å². The summed E-state index contributed by atoms with van der Waals surface area (Å²) in [5, 5.41) is 9.95. The maximum absolute atomic E-state index is 13.7. The molecule has 2 aromatic carbocycles. The second-order valence-electron chi connectivity index (χ2n) is 6.54. The van der Waals surface area contributed by atoms with Crippen LogP contribution in [0.4, 0.5) is 13.2 Å². The van der Waals surface area contributed by atoms with E-state index < -0.39 is 23.1 Å². The lowest BCUT2D eigenvalue weighted by molar-refractivity contribution is -0.154. The standard InChI is InChI=1S/C20H18F3NO5.HI/c1-24(2)10-14-15(25)9-8-13-16(26)18(19(20(21,22)23)29-17(13)14)28-12-6-4-11(27-3)5-7-12;/h4-9,25H,10H2,1-3H3;1H/p-1. The van der Waals surface area contributed by atoms with Crippen LogP contribution in [0, 0.1) is 0 Å². The van der Waals surface area contributed by atoms with E-state index in [4.69, 9.17) is 13.9 Å². The lowest BCUT2D eigenvalue weighted by Gasteiger charge is -2.17. The topological polar surface area (TPSA) is 72.1 Å². The number of ether oxygens (including phenoxy) is 2. The lowest BCUT2D eigenvalue weighted by atomic mass is 10.1. The van der Waals surface area contributed by atoms with E-state index in [1.165, 1.54) is 43.5 Å². The molecule has 10 heteroatoms. The van der Waals surface area contributed by atoms with E-state index in [0.717, 1.165) is 0 Å². The number of alkyl halides is 3. The highest BCUT2D eigenvalue weighted by Gasteiger charge is 2.41. The number of phenolic OH excluding ortho intramolecular Hbond substituents is 1. The number of fused-ring (bicyclic) bond motifs is 1. The van der Waals surface area contributed by atoms with Gasteiger partial charge in [0.15, 0.2) is 0 Å². The Kier molecular flexibility index (Phi) is 7.24. The first-order valence-corrected chi connectivity index (χ1v) is 8.47. The van der Waals surface area contributed by atoms with Gasteiger partial charge in [-0.3, -0.25) is 4.79 Å². The molecule has 0 radical (unpaired) electrons. The predicted octanol–water partition coefficient (Wildman–Crippen LogP) is 1.38. The minimum Gasteiger partial charge on any atom is -1.00 e. The molecule has 1 heterocycles. The summed E-state index contributed by atoms with van der Waals surface area (Å²) in [5.74, 6) is -2.34. The van der Waals surface area contributed by atoms with Crippen molar-refractivity contribution in [2.75, 3.05) is 21.2 Å². The van der Waals surface area contributed by atoms with E-state index >= 15 is 0 Å². The molecule has 6 nitrogen and oxygen atoms in total. The summed E-state index contributed by atoms with van der Waals surface area (Å²) < 4.78 is 56.4. The van der Waals surface area contributed by atoms with Gasteiger partial charge in [0.2, 0.25) is 11.2 Å². The van der Waals surface area contributed by atoms with Crippen LogP contribution in [0.25, 0.3) is 11.0 Å². The van der Waals surface area contributed by atoms with Crippen molar-refractivity contribution in [3.05, 3.63) is 57.9 Å². The summed E-state index contributed by atoms with van der Waals surface area (Å²) >= 11 is 0. The van der Waals surface area contributed by atoms with Crippen LogP contribution in [0.3, 0.4) is 0 Å². The zero-order valence-corrected chi connectivity index (χ0v) is 18.4. The monoisotopic (exact) mass is 536 g/mol. The number of hydrogen-bond acceptors (Lipinski definition) is 6. The minimum absolute atomic E-state index is 0. The molecule has 0 amide bonds. The number of phenols is 1. The molecule has 0 saturated carbocycles. The molecule has 0 bridgehead atoms. The van der Waals surface area contributed by atoms with Crippen molar-refractivity contribution in [2.24, 2.45) is 0 Å². The van der Waals surface area contributed by atoms with Crippen LogP contribution in [-0.4, -0.2) is 31.2 Å². The number of methoxy groups -OCH3 is 1. The van der Waals surface area contributed by atoms with Crippen LogP contribution in [-0.2, 0) is 12.7 Å². The Hall–Kier alpha value is -2.47. The molecule has 0 saturated heterocycles. The summed E-state index contributed by atoms with van der Waals surface area (Å²) in [6.07, 6.45) is -4.99. The molecule has 3 aromatic rings. The van der Waals surface area contributed by atoms with Crippen molar-refractivity contribution in [1.29, 1.82) is 0 Å². The smallest absolute Gasteiger partial charge is 0.453 e. The van der Waals surface area contributed by atoms with Crippen molar-refractivity contribution < 1.29 is 56.1 Å². The zero-order valence-electron chi connectivity index (χ0n) is 16.2. The quantitative estimate of drug-likeness (QED) is 0.498. The Morgan fingerprint density at radius 1 is 1.07 bits per heavy atom. The fourth-order valence-corrected chi connectivity index (χ4v) is 2.80. The normalized spacial score (nSPS) is 11.4. The maximum atomic E-state index is 13.7. The summed E-state index contributed by atoms with van der Waals surface area (Å²) in [6, 6.07) is 8.16. The highest BCUT2D eigenvalue weighted by atomic mass is 127. The molecule has 0 spiro atoms. The number of hydrogen-bond donors (Lipinski definition) is 1.